The number of pyridine rings is 1. The van der Waals surface area contributed by atoms with E-state index in [1.54, 1.807) is 34.1 Å². The molecule has 14 nitrogen and oxygen atoms in total. The summed E-state index contributed by atoms with van der Waals surface area (Å²) in [7, 11) is 0. The Morgan fingerprint density at radius 1 is 1.00 bits per heavy atom. The number of carbonyl (C=O) groups is 3. The van der Waals surface area contributed by atoms with Crippen molar-refractivity contribution in [3.05, 3.63) is 82.0 Å². The van der Waals surface area contributed by atoms with E-state index in [1.165, 1.54) is 0 Å². The largest absolute Gasteiger partial charge is 0.506 e. The van der Waals surface area contributed by atoms with Crippen LogP contribution in [0.1, 0.15) is 72.2 Å². The lowest BCUT2D eigenvalue weighted by Crippen LogP contribution is -2.57. The SMILES string of the molecule is C[C@H]1c2ccc(O[C@H]3CN4c5cc(-c6cccc(Cl)c6O)nnc5NC[C@@]4(C(F)F)C3)nc2CCN1CC1CCN(c2ccc3c(c2)C(=O)N([C@H]2CCC(=O)NC2=O)C3)CC1. The first-order valence-corrected chi connectivity index (χ1v) is 21.4. The number of hydrogen-bond donors (Lipinski definition) is 3. The Balaban J connectivity index is 0.761. The number of ether oxygens (including phenoxy) is 1. The van der Waals surface area contributed by atoms with Crippen LogP contribution in [0, 0.1) is 5.92 Å². The Labute approximate surface area is 356 Å². The number of aromatic hydroxyl groups is 1. The quantitative estimate of drug-likeness (QED) is 0.190. The number of fused-ring (bicyclic) bond motifs is 5. The Morgan fingerprint density at radius 2 is 1.84 bits per heavy atom. The van der Waals surface area contributed by atoms with Crippen LogP contribution in [-0.2, 0) is 22.6 Å². The molecule has 0 bridgehead atoms. The number of halogens is 3. The molecule has 0 aliphatic carbocycles. The van der Waals surface area contributed by atoms with Gasteiger partial charge in [-0.3, -0.25) is 24.6 Å². The number of phenolic OH excluding ortho intramolecular Hbond substituents is 1. The molecule has 10 rings (SSSR count). The Hall–Kier alpha value is -5.61. The van der Waals surface area contributed by atoms with Gasteiger partial charge in [0.1, 0.15) is 23.4 Å². The second-order valence-electron chi connectivity index (χ2n) is 17.2. The zero-order valence-corrected chi connectivity index (χ0v) is 34.4. The normalized spacial score (nSPS) is 25.2. The van der Waals surface area contributed by atoms with Gasteiger partial charge in [0, 0.05) is 87.5 Å². The first kappa shape index (κ1) is 39.5. The van der Waals surface area contributed by atoms with Gasteiger partial charge in [-0.05, 0) is 73.6 Å². The maximum absolute atomic E-state index is 15.0. The van der Waals surface area contributed by atoms with Gasteiger partial charge in [-0.2, -0.15) is 0 Å². The molecule has 6 aliphatic rings. The summed E-state index contributed by atoms with van der Waals surface area (Å²) < 4.78 is 36.5. The Bertz CT molecular complexity index is 2430. The van der Waals surface area contributed by atoms with Crippen molar-refractivity contribution >= 4 is 46.5 Å². The smallest absolute Gasteiger partial charge is 0.263 e. The van der Waals surface area contributed by atoms with Crippen LogP contribution in [0.15, 0.2) is 54.6 Å². The molecule has 0 spiro atoms. The van der Waals surface area contributed by atoms with Crippen LogP contribution in [0.4, 0.5) is 26.0 Å². The summed E-state index contributed by atoms with van der Waals surface area (Å²) in [6.45, 7) is 6.31. The average molecular weight is 854 g/mol. The zero-order valence-electron chi connectivity index (χ0n) is 33.6. The van der Waals surface area contributed by atoms with Crippen LogP contribution in [0.3, 0.4) is 0 Å². The number of carbonyl (C=O) groups excluding carboxylic acids is 3. The Kier molecular flexibility index (Phi) is 9.97. The van der Waals surface area contributed by atoms with E-state index in [1.807, 2.05) is 18.2 Å². The molecule has 3 saturated heterocycles. The number of aromatic nitrogens is 3. The van der Waals surface area contributed by atoms with Crippen molar-refractivity contribution in [2.75, 3.05) is 54.4 Å². The van der Waals surface area contributed by atoms with Crippen LogP contribution in [0.25, 0.3) is 11.3 Å². The number of phenols is 1. The molecule has 4 atom stereocenters. The fourth-order valence-corrected chi connectivity index (χ4v) is 10.4. The lowest BCUT2D eigenvalue weighted by molar-refractivity contribution is -0.136. The molecule has 0 unspecified atom stereocenters. The Morgan fingerprint density at radius 3 is 2.64 bits per heavy atom. The topological polar surface area (TPSA) is 156 Å². The first-order chi connectivity index (χ1) is 29.5. The van der Waals surface area contributed by atoms with E-state index in [0.717, 1.165) is 67.9 Å². The molecule has 4 aromatic rings. The fraction of sp³-hybridized carbons (Fsp3) is 0.455. The van der Waals surface area contributed by atoms with E-state index in [0.29, 0.717) is 53.1 Å². The van der Waals surface area contributed by atoms with Gasteiger partial charge in [0.05, 0.1) is 28.6 Å². The molecule has 2 aromatic heterocycles. The van der Waals surface area contributed by atoms with Crippen LogP contribution < -0.4 is 25.2 Å². The van der Waals surface area contributed by atoms with E-state index >= 15 is 8.78 Å². The van der Waals surface area contributed by atoms with E-state index in [9.17, 15) is 19.5 Å². The number of benzene rings is 2. The van der Waals surface area contributed by atoms with Crippen molar-refractivity contribution in [1.29, 1.82) is 0 Å². The second-order valence-corrected chi connectivity index (χ2v) is 17.6. The third kappa shape index (κ3) is 6.97. The van der Waals surface area contributed by atoms with Gasteiger partial charge < -0.3 is 29.9 Å². The third-order valence-electron chi connectivity index (χ3n) is 13.7. The van der Waals surface area contributed by atoms with Gasteiger partial charge in [-0.1, -0.05) is 29.8 Å². The molecular weight excluding hydrogens is 808 g/mol. The average Bonchev–Trinajstić information content (AvgIpc) is 3.80. The van der Waals surface area contributed by atoms with Crippen molar-refractivity contribution in [3.8, 4) is 22.9 Å². The van der Waals surface area contributed by atoms with Crippen molar-refractivity contribution in [3.63, 3.8) is 0 Å². The van der Waals surface area contributed by atoms with Crippen molar-refractivity contribution in [1.82, 2.24) is 30.3 Å². The lowest BCUT2D eigenvalue weighted by atomic mass is 9.92. The molecule has 318 valence electrons. The van der Waals surface area contributed by atoms with Gasteiger partial charge in [-0.25, -0.2) is 13.8 Å². The van der Waals surface area contributed by atoms with Crippen molar-refractivity contribution in [2.24, 2.45) is 5.92 Å². The minimum absolute atomic E-state index is 0.0277. The second kappa shape index (κ2) is 15.4. The van der Waals surface area contributed by atoms with Gasteiger partial charge in [0.15, 0.2) is 5.82 Å². The number of alkyl halides is 2. The van der Waals surface area contributed by atoms with Gasteiger partial charge in [0.25, 0.3) is 12.3 Å². The van der Waals surface area contributed by atoms with Crippen LogP contribution in [-0.4, -0.2) is 111 Å². The molecule has 2 aromatic carbocycles. The summed E-state index contributed by atoms with van der Waals surface area (Å²) in [6.07, 6.45) is 0.199. The molecular formula is C44H46ClF2N9O5. The molecule has 61 heavy (non-hydrogen) atoms. The molecule has 8 heterocycles. The summed E-state index contributed by atoms with van der Waals surface area (Å²) in [4.78, 5) is 50.6. The highest BCUT2D eigenvalue weighted by Gasteiger charge is 2.56. The highest BCUT2D eigenvalue weighted by atomic mass is 35.5. The zero-order chi connectivity index (χ0) is 42.2. The lowest BCUT2D eigenvalue weighted by Gasteiger charge is -2.43. The predicted octanol–water partition coefficient (Wildman–Crippen LogP) is 5.58. The number of anilines is 3. The number of hydrogen-bond acceptors (Lipinski definition) is 12. The highest BCUT2D eigenvalue weighted by Crippen LogP contribution is 2.47. The van der Waals surface area contributed by atoms with Gasteiger partial charge in [-0.15, -0.1) is 10.2 Å². The number of nitrogens with one attached hydrogen (secondary N) is 2. The van der Waals surface area contributed by atoms with Crippen LogP contribution >= 0.6 is 11.6 Å². The van der Waals surface area contributed by atoms with Crippen LogP contribution in [0.2, 0.25) is 5.02 Å². The summed E-state index contributed by atoms with van der Waals surface area (Å²) >= 11 is 6.15. The maximum Gasteiger partial charge on any atom is 0.263 e. The van der Waals surface area contributed by atoms with Crippen molar-refractivity contribution < 1.29 is 33.0 Å². The number of piperidine rings is 2. The third-order valence-corrected chi connectivity index (χ3v) is 14.0. The molecule has 3 N–H and O–H groups in total. The number of imide groups is 1. The van der Waals surface area contributed by atoms with E-state index in [4.69, 9.17) is 21.3 Å². The standard InChI is InChI=1S/C44H46ClF2N9O5/c1-24-29-7-10-38(61-28-19-44(43(46)47)23-48-40-36(56(44)22-28)18-34(51-52-40)30-3-2-4-32(45)39(30)58)49-33(29)13-16-54(24)20-25-11-14-53(15-12-25)27-6-5-26-21-55(42(60)31(26)17-27)35-8-9-37(57)50-41(35)59/h2-7,10,17-18,24-25,28,35,43,58H,8-9,11-16,19-23H2,1H3,(H,48,52)(H,50,57,59)/t24-,28+,35-,44+/m0/s1. The maximum atomic E-state index is 15.0. The van der Waals surface area contributed by atoms with E-state index in [-0.39, 0.29) is 54.6 Å². The molecule has 6 aliphatic heterocycles. The molecule has 3 fully saturated rings. The molecule has 17 heteroatoms. The van der Waals surface area contributed by atoms with Crippen molar-refractivity contribution in [2.45, 2.75) is 82.1 Å². The molecule has 3 amide bonds. The van der Waals surface area contributed by atoms with E-state index < -0.39 is 30.0 Å². The van der Waals surface area contributed by atoms with Gasteiger partial charge in [0.2, 0.25) is 17.7 Å². The summed E-state index contributed by atoms with van der Waals surface area (Å²) in [5, 5.41) is 24.7. The number of nitrogens with zero attached hydrogens (tertiary/aromatic N) is 7. The van der Waals surface area contributed by atoms with Gasteiger partial charge >= 0.3 is 0 Å². The molecule has 0 radical (unpaired) electrons. The molecule has 0 saturated carbocycles. The predicted molar refractivity (Wildman–Crippen MR) is 223 cm³/mol. The van der Waals surface area contributed by atoms with Crippen LogP contribution in [0.5, 0.6) is 11.6 Å². The monoisotopic (exact) mass is 853 g/mol. The number of amides is 3. The van der Waals surface area contributed by atoms with E-state index in [2.05, 4.69) is 49.7 Å². The number of rotatable bonds is 8. The first-order valence-electron chi connectivity index (χ1n) is 21.0. The minimum atomic E-state index is -2.68. The minimum Gasteiger partial charge on any atom is -0.506 e. The summed E-state index contributed by atoms with van der Waals surface area (Å²) in [5.41, 5.74) is 4.26. The highest BCUT2D eigenvalue weighted by molar-refractivity contribution is 6.32. The fourth-order valence-electron chi connectivity index (χ4n) is 10.3. The number of para-hydroxylation sites is 1. The summed E-state index contributed by atoms with van der Waals surface area (Å²) in [5.74, 6) is 0.306. The summed E-state index contributed by atoms with van der Waals surface area (Å²) in [6, 6.07) is 16.0.